The van der Waals surface area contributed by atoms with Crippen molar-refractivity contribution in [3.63, 3.8) is 0 Å². The molecule has 0 fully saturated rings. The Morgan fingerprint density at radius 2 is 1.93 bits per heavy atom. The van der Waals surface area contributed by atoms with Crippen molar-refractivity contribution in [2.24, 2.45) is 7.05 Å². The number of methoxy groups -OCH3 is 1. The van der Waals surface area contributed by atoms with Gasteiger partial charge in [0.05, 0.1) is 23.2 Å². The van der Waals surface area contributed by atoms with Crippen molar-refractivity contribution < 1.29 is 9.53 Å². The van der Waals surface area contributed by atoms with Crippen LogP contribution in [0, 0.1) is 0 Å². The lowest BCUT2D eigenvalue weighted by molar-refractivity contribution is 0.0940. The third-order valence-electron chi connectivity index (χ3n) is 5.54. The van der Waals surface area contributed by atoms with Crippen molar-refractivity contribution in [3.8, 4) is 0 Å². The summed E-state index contributed by atoms with van der Waals surface area (Å²) in [6, 6.07) is 10.3. The average molecular weight is 385 g/mol. The van der Waals surface area contributed by atoms with Crippen LogP contribution >= 0.6 is 0 Å². The maximum Gasteiger partial charge on any atom is 0.268 e. The van der Waals surface area contributed by atoms with Gasteiger partial charge in [-0.15, -0.1) is 0 Å². The number of nitrogens with zero attached hydrogens (tertiary/aromatic N) is 3. The molecule has 0 aliphatic rings. The molecule has 3 aromatic rings. The van der Waals surface area contributed by atoms with Crippen molar-refractivity contribution in [2.45, 2.75) is 26.8 Å². The van der Waals surface area contributed by atoms with Crippen molar-refractivity contribution in [1.29, 1.82) is 0 Å². The molecule has 0 bridgehead atoms. The van der Waals surface area contributed by atoms with Crippen LogP contribution in [-0.4, -0.2) is 59.8 Å². The number of nitrogens with one attached hydrogen (secondary N) is 1. The molecule has 2 heterocycles. The fourth-order valence-electron chi connectivity index (χ4n) is 3.91. The monoisotopic (exact) mass is 384 g/mol. The molecule has 0 saturated carbocycles. The number of aromatic nitrogens is 2. The van der Waals surface area contributed by atoms with E-state index in [0.717, 1.165) is 42.5 Å². The summed E-state index contributed by atoms with van der Waals surface area (Å²) < 4.78 is 9.56. The zero-order chi connectivity index (χ0) is 20.1. The Hall–Kier alpha value is -2.31. The first-order chi connectivity index (χ1) is 13.6. The highest BCUT2D eigenvalue weighted by Crippen LogP contribution is 2.31. The van der Waals surface area contributed by atoms with Gasteiger partial charge in [0, 0.05) is 32.6 Å². The normalized spacial score (nSPS) is 11.8. The van der Waals surface area contributed by atoms with E-state index in [-0.39, 0.29) is 5.91 Å². The van der Waals surface area contributed by atoms with Gasteiger partial charge in [-0.1, -0.05) is 32.0 Å². The SMILES string of the molecule is CCN(CC)CCCNC(=O)c1cc2c(c3ccccc3n2C)n1CCOC. The zero-order valence-electron chi connectivity index (χ0n) is 17.5. The van der Waals surface area contributed by atoms with Gasteiger partial charge in [0.2, 0.25) is 0 Å². The predicted molar refractivity (Wildman–Crippen MR) is 115 cm³/mol. The molecule has 0 atom stereocenters. The molecular weight excluding hydrogens is 352 g/mol. The van der Waals surface area contributed by atoms with Crippen LogP contribution in [0.4, 0.5) is 0 Å². The number of para-hydroxylation sites is 1. The van der Waals surface area contributed by atoms with Gasteiger partial charge < -0.3 is 24.1 Å². The van der Waals surface area contributed by atoms with E-state index in [1.807, 2.05) is 18.2 Å². The van der Waals surface area contributed by atoms with Crippen LogP contribution in [0.3, 0.4) is 0 Å². The molecule has 28 heavy (non-hydrogen) atoms. The second-order valence-corrected chi connectivity index (χ2v) is 7.12. The van der Waals surface area contributed by atoms with Crippen LogP contribution in [0.1, 0.15) is 30.8 Å². The molecule has 1 aromatic carbocycles. The number of hydrogen-bond acceptors (Lipinski definition) is 3. The molecule has 1 amide bonds. The summed E-state index contributed by atoms with van der Waals surface area (Å²) in [5, 5.41) is 4.26. The van der Waals surface area contributed by atoms with Gasteiger partial charge in [0.15, 0.2) is 0 Å². The van der Waals surface area contributed by atoms with E-state index >= 15 is 0 Å². The largest absolute Gasteiger partial charge is 0.383 e. The summed E-state index contributed by atoms with van der Waals surface area (Å²) in [6.45, 7) is 9.32. The van der Waals surface area contributed by atoms with Crippen molar-refractivity contribution in [2.75, 3.05) is 39.9 Å². The standard InChI is InChI=1S/C22H32N4O2/c1-5-25(6-2)13-9-12-23-22(27)20-16-19-21(26(20)14-15-28-4)17-10-7-8-11-18(17)24(19)3/h7-8,10-11,16H,5-6,9,12-15H2,1-4H3,(H,23,27). The number of hydrogen-bond donors (Lipinski definition) is 1. The van der Waals surface area contributed by atoms with E-state index in [9.17, 15) is 4.79 Å². The molecule has 2 aromatic heterocycles. The number of aryl methyl sites for hydroxylation is 1. The number of rotatable bonds is 10. The first-order valence-corrected chi connectivity index (χ1v) is 10.2. The van der Waals surface area contributed by atoms with E-state index in [4.69, 9.17) is 4.74 Å². The number of fused-ring (bicyclic) bond motifs is 3. The van der Waals surface area contributed by atoms with Gasteiger partial charge in [-0.3, -0.25) is 4.79 Å². The van der Waals surface area contributed by atoms with Crippen LogP contribution < -0.4 is 5.32 Å². The molecule has 1 N–H and O–H groups in total. The first kappa shape index (κ1) is 20.4. The highest BCUT2D eigenvalue weighted by molar-refractivity contribution is 6.10. The lowest BCUT2D eigenvalue weighted by atomic mass is 10.2. The molecule has 0 unspecified atom stereocenters. The molecule has 0 saturated heterocycles. The van der Waals surface area contributed by atoms with E-state index in [2.05, 4.69) is 52.4 Å². The summed E-state index contributed by atoms with van der Waals surface area (Å²) in [4.78, 5) is 15.3. The molecular formula is C22H32N4O2. The minimum absolute atomic E-state index is 0.0177. The predicted octanol–water partition coefficient (Wildman–Crippen LogP) is 3.24. The zero-order valence-corrected chi connectivity index (χ0v) is 17.5. The highest BCUT2D eigenvalue weighted by Gasteiger charge is 2.20. The summed E-state index contributed by atoms with van der Waals surface area (Å²) in [6.07, 6.45) is 0.953. The van der Waals surface area contributed by atoms with Gasteiger partial charge in [0.1, 0.15) is 5.69 Å². The number of carbonyl (C=O) groups excluding carboxylic acids is 1. The average Bonchev–Trinajstić information content (AvgIpc) is 3.23. The maximum absolute atomic E-state index is 12.9. The molecule has 152 valence electrons. The van der Waals surface area contributed by atoms with Crippen LogP contribution in [0.5, 0.6) is 0 Å². The van der Waals surface area contributed by atoms with Gasteiger partial charge in [0.25, 0.3) is 5.91 Å². The molecule has 0 spiro atoms. The van der Waals surface area contributed by atoms with Crippen LogP contribution in [0.2, 0.25) is 0 Å². The Balaban J connectivity index is 1.85. The lowest BCUT2D eigenvalue weighted by Gasteiger charge is -2.17. The van der Waals surface area contributed by atoms with Gasteiger partial charge in [-0.25, -0.2) is 0 Å². The summed E-state index contributed by atoms with van der Waals surface area (Å²) in [5.74, 6) is -0.0177. The van der Waals surface area contributed by atoms with E-state index < -0.39 is 0 Å². The van der Waals surface area contributed by atoms with E-state index in [1.165, 1.54) is 5.52 Å². The Morgan fingerprint density at radius 1 is 1.18 bits per heavy atom. The van der Waals surface area contributed by atoms with Gasteiger partial charge in [-0.05, 0) is 38.2 Å². The lowest BCUT2D eigenvalue weighted by Crippen LogP contribution is -2.31. The number of ether oxygens (including phenoxy) is 1. The minimum Gasteiger partial charge on any atom is -0.383 e. The maximum atomic E-state index is 12.9. The van der Waals surface area contributed by atoms with Crippen molar-refractivity contribution in [1.82, 2.24) is 19.4 Å². The summed E-state index contributed by atoms with van der Waals surface area (Å²) in [5.41, 5.74) is 4.05. The van der Waals surface area contributed by atoms with E-state index in [0.29, 0.717) is 25.4 Å². The second kappa shape index (κ2) is 9.26. The van der Waals surface area contributed by atoms with Gasteiger partial charge in [-0.2, -0.15) is 0 Å². The van der Waals surface area contributed by atoms with Gasteiger partial charge >= 0.3 is 0 Å². The number of benzene rings is 1. The van der Waals surface area contributed by atoms with Crippen LogP contribution in [0.15, 0.2) is 30.3 Å². The molecule has 0 aliphatic heterocycles. The molecule has 0 aliphatic carbocycles. The van der Waals surface area contributed by atoms with E-state index in [1.54, 1.807) is 7.11 Å². The fourth-order valence-corrected chi connectivity index (χ4v) is 3.91. The van der Waals surface area contributed by atoms with Crippen molar-refractivity contribution >= 4 is 27.8 Å². The minimum atomic E-state index is -0.0177. The topological polar surface area (TPSA) is 51.4 Å². The summed E-state index contributed by atoms with van der Waals surface area (Å²) >= 11 is 0. The first-order valence-electron chi connectivity index (χ1n) is 10.2. The molecule has 0 radical (unpaired) electrons. The molecule has 6 nitrogen and oxygen atoms in total. The fraction of sp³-hybridized carbons (Fsp3) is 0.500. The Morgan fingerprint density at radius 3 is 2.64 bits per heavy atom. The van der Waals surface area contributed by atoms with Crippen LogP contribution in [0.25, 0.3) is 21.9 Å². The third kappa shape index (κ3) is 3.93. The number of amides is 1. The number of carbonyl (C=O) groups is 1. The van der Waals surface area contributed by atoms with Crippen LogP contribution in [-0.2, 0) is 18.3 Å². The second-order valence-electron chi connectivity index (χ2n) is 7.12. The third-order valence-corrected chi connectivity index (χ3v) is 5.54. The highest BCUT2D eigenvalue weighted by atomic mass is 16.5. The molecule has 3 rings (SSSR count). The molecule has 6 heteroatoms. The summed E-state index contributed by atoms with van der Waals surface area (Å²) in [7, 11) is 3.74. The quantitative estimate of drug-likeness (QED) is 0.546. The Labute approximate surface area is 167 Å². The smallest absolute Gasteiger partial charge is 0.268 e. The van der Waals surface area contributed by atoms with Crippen molar-refractivity contribution in [3.05, 3.63) is 36.0 Å². The Kier molecular flexibility index (Phi) is 6.75. The Bertz CT molecular complexity index is 937.